The quantitative estimate of drug-likeness (QED) is 0.271. The van der Waals surface area contributed by atoms with Crippen molar-refractivity contribution in [2.75, 3.05) is 12.3 Å². The van der Waals surface area contributed by atoms with E-state index in [9.17, 15) is 0 Å². The van der Waals surface area contributed by atoms with Crippen molar-refractivity contribution < 1.29 is 4.74 Å². The molecule has 0 fully saturated rings. The molecule has 0 unspecified atom stereocenters. The molecule has 0 aliphatic heterocycles. The molecule has 2 aromatic rings. The second-order valence-corrected chi connectivity index (χ2v) is 16.6. The van der Waals surface area contributed by atoms with Crippen LogP contribution in [-0.4, -0.2) is 24.2 Å². The number of allylic oxidation sites excluding steroid dienone is 2. The third-order valence-corrected chi connectivity index (χ3v) is 7.52. The molecule has 1 aromatic heterocycles. The highest BCUT2D eigenvalue weighted by Crippen LogP contribution is 2.39. The van der Waals surface area contributed by atoms with Crippen LogP contribution in [0.1, 0.15) is 44.4 Å². The molecular weight excluding hydrogens is 468 g/mol. The van der Waals surface area contributed by atoms with Gasteiger partial charge in [0.2, 0.25) is 0 Å². The summed E-state index contributed by atoms with van der Waals surface area (Å²) >= 11 is 3.50. The summed E-state index contributed by atoms with van der Waals surface area (Å²) in [5, 5.41) is 8.57. The van der Waals surface area contributed by atoms with Crippen molar-refractivity contribution in [3.05, 3.63) is 52.5 Å². The van der Waals surface area contributed by atoms with Gasteiger partial charge in [0.1, 0.15) is 12.8 Å². The van der Waals surface area contributed by atoms with E-state index in [2.05, 4.69) is 66.5 Å². The van der Waals surface area contributed by atoms with Gasteiger partial charge >= 0.3 is 0 Å². The largest absolute Gasteiger partial charge is 0.398 e. The maximum atomic E-state index is 8.57. The van der Waals surface area contributed by atoms with E-state index in [1.54, 1.807) is 17.1 Å². The van der Waals surface area contributed by atoms with Crippen molar-refractivity contribution in [1.82, 2.24) is 9.55 Å². The highest BCUT2D eigenvalue weighted by molar-refractivity contribution is 9.10. The molecule has 7 heteroatoms. The van der Waals surface area contributed by atoms with Gasteiger partial charge in [-0.15, -0.1) is 0 Å². The number of imidazole rings is 1. The summed E-state index contributed by atoms with van der Waals surface area (Å²) in [6.45, 7) is 12.9. The van der Waals surface area contributed by atoms with Crippen molar-refractivity contribution in [3.63, 3.8) is 0 Å². The van der Waals surface area contributed by atoms with Crippen LogP contribution in [0, 0.1) is 16.7 Å². The average molecular weight is 504 g/mol. The number of nitrogen functional groups attached to an aromatic ring is 1. The van der Waals surface area contributed by atoms with Crippen molar-refractivity contribution in [2.24, 2.45) is 5.41 Å². The minimum absolute atomic E-state index is 0.434. The number of hydrogen-bond acceptors (Lipinski definition) is 4. The zero-order chi connectivity index (χ0) is 23.1. The van der Waals surface area contributed by atoms with E-state index in [-0.39, 0.29) is 0 Å². The summed E-state index contributed by atoms with van der Waals surface area (Å²) in [5.41, 5.74) is 10.4. The molecule has 1 aromatic carbocycles. The lowest BCUT2D eigenvalue weighted by Crippen LogP contribution is -2.21. The number of anilines is 1. The van der Waals surface area contributed by atoms with Gasteiger partial charge in [-0.1, -0.05) is 55.5 Å². The van der Waals surface area contributed by atoms with E-state index in [1.807, 2.05) is 18.2 Å². The fraction of sp³-hybridized carbons (Fsp3) is 0.500. The van der Waals surface area contributed by atoms with Crippen LogP contribution >= 0.6 is 15.9 Å². The summed E-state index contributed by atoms with van der Waals surface area (Å²) in [5.74, 6) is 0. The number of nitrogens with zero attached hydrogens (tertiary/aromatic N) is 3. The van der Waals surface area contributed by atoms with E-state index in [4.69, 9.17) is 15.7 Å². The lowest BCUT2D eigenvalue weighted by atomic mass is 9.77. The molecule has 31 heavy (non-hydrogen) atoms. The third kappa shape index (κ3) is 9.02. The summed E-state index contributed by atoms with van der Waals surface area (Å²) in [6, 6.07) is 9.23. The maximum Gasteiger partial charge on any atom is 0.158 e. The summed E-state index contributed by atoms with van der Waals surface area (Å²) in [7, 11) is -0.999. The van der Waals surface area contributed by atoms with Gasteiger partial charge in [-0.2, -0.15) is 5.26 Å². The second-order valence-electron chi connectivity index (χ2n) is 10.1. The number of nitrogens with two attached hydrogens (primary N) is 1. The van der Waals surface area contributed by atoms with Gasteiger partial charge in [0.25, 0.3) is 0 Å². The van der Waals surface area contributed by atoms with Gasteiger partial charge in [-0.25, -0.2) is 4.98 Å². The maximum absolute atomic E-state index is 8.57. The number of benzene rings is 1. The topological polar surface area (TPSA) is 76.9 Å². The number of ether oxygens (including phenoxy) is 1. The fourth-order valence-corrected chi connectivity index (χ4v) is 4.28. The fourth-order valence-electron chi connectivity index (χ4n) is 3.16. The Hall–Kier alpha value is -1.88. The first kappa shape index (κ1) is 25.4. The van der Waals surface area contributed by atoms with Crippen LogP contribution in [-0.2, 0) is 11.5 Å². The highest BCUT2D eigenvalue weighted by Gasteiger charge is 2.22. The molecular formula is C24H35BrN4OSi. The summed E-state index contributed by atoms with van der Waals surface area (Å²) in [6.07, 6.45) is 9.18. The average Bonchev–Trinajstić information content (AvgIpc) is 3.15. The normalized spacial score (nSPS) is 15.5. The van der Waals surface area contributed by atoms with E-state index in [0.29, 0.717) is 17.8 Å². The first-order chi connectivity index (χ1) is 14.5. The zero-order valence-electron chi connectivity index (χ0n) is 19.4. The second kappa shape index (κ2) is 11.1. The van der Waals surface area contributed by atoms with E-state index in [0.717, 1.165) is 35.7 Å². The van der Waals surface area contributed by atoms with Gasteiger partial charge < -0.3 is 15.0 Å². The lowest BCUT2D eigenvalue weighted by Gasteiger charge is -2.29. The lowest BCUT2D eigenvalue weighted by molar-refractivity contribution is 0.0871. The summed E-state index contributed by atoms with van der Waals surface area (Å²) in [4.78, 5) is 3.89. The Bertz CT molecular complexity index is 938. The van der Waals surface area contributed by atoms with E-state index < -0.39 is 8.07 Å². The Kier molecular flexibility index (Phi) is 9.10. The SMILES string of the molecule is CC1(C)CC=C(c2cc(Br)ccc2N)CC1.C[Si](C)(C)CCOCn1cnc(C#N)c1. The van der Waals surface area contributed by atoms with Crippen LogP contribution in [0.5, 0.6) is 0 Å². The summed E-state index contributed by atoms with van der Waals surface area (Å²) < 4.78 is 8.38. The minimum Gasteiger partial charge on any atom is -0.398 e. The molecule has 0 saturated heterocycles. The number of halogens is 1. The highest BCUT2D eigenvalue weighted by atomic mass is 79.9. The number of aromatic nitrogens is 2. The molecule has 1 aliphatic carbocycles. The molecule has 0 spiro atoms. The standard InChI is InChI=1S/C14H18BrN.C10H17N3OSi/c1-14(2)7-5-10(6-8-14)12-9-11(15)3-4-13(12)16;1-15(2,3)5-4-14-9-13-7-10(6-11)12-8-13/h3-5,9H,6-8,16H2,1-2H3;7-8H,4-5,9H2,1-3H3. The molecule has 3 rings (SSSR count). The van der Waals surface area contributed by atoms with Gasteiger partial charge in [0, 0.05) is 36.6 Å². The van der Waals surface area contributed by atoms with Crippen LogP contribution in [0.3, 0.4) is 0 Å². The van der Waals surface area contributed by atoms with Crippen LogP contribution in [0.4, 0.5) is 5.69 Å². The number of rotatable bonds is 6. The van der Waals surface area contributed by atoms with E-state index >= 15 is 0 Å². The van der Waals surface area contributed by atoms with Crippen LogP contribution in [0.25, 0.3) is 5.57 Å². The Morgan fingerprint density at radius 2 is 2.06 bits per heavy atom. The van der Waals surface area contributed by atoms with Crippen LogP contribution in [0.2, 0.25) is 25.7 Å². The van der Waals surface area contributed by atoms with Crippen LogP contribution in [0.15, 0.2) is 41.3 Å². The molecule has 5 nitrogen and oxygen atoms in total. The molecule has 0 atom stereocenters. The number of nitriles is 1. The monoisotopic (exact) mass is 502 g/mol. The zero-order valence-corrected chi connectivity index (χ0v) is 22.0. The Morgan fingerprint density at radius 3 is 2.65 bits per heavy atom. The molecule has 168 valence electrons. The number of hydrogen-bond donors (Lipinski definition) is 1. The van der Waals surface area contributed by atoms with Crippen molar-refractivity contribution >= 4 is 35.3 Å². The third-order valence-electron chi connectivity index (χ3n) is 5.32. The van der Waals surface area contributed by atoms with E-state index in [1.165, 1.54) is 17.6 Å². The molecule has 0 saturated carbocycles. The molecule has 0 amide bonds. The van der Waals surface area contributed by atoms with Gasteiger partial charge in [-0.3, -0.25) is 0 Å². The predicted octanol–water partition coefficient (Wildman–Crippen LogP) is 6.69. The molecule has 1 heterocycles. The Labute approximate surface area is 196 Å². The van der Waals surface area contributed by atoms with Gasteiger partial charge in [0.05, 0.1) is 6.33 Å². The Balaban J connectivity index is 0.000000221. The van der Waals surface area contributed by atoms with Crippen molar-refractivity contribution in [3.8, 4) is 6.07 Å². The van der Waals surface area contributed by atoms with Crippen molar-refractivity contribution in [2.45, 2.75) is 65.5 Å². The minimum atomic E-state index is -0.999. The molecule has 0 radical (unpaired) electrons. The van der Waals surface area contributed by atoms with Crippen molar-refractivity contribution in [1.29, 1.82) is 5.26 Å². The Morgan fingerprint density at radius 1 is 1.32 bits per heavy atom. The predicted molar refractivity (Wildman–Crippen MR) is 135 cm³/mol. The molecule has 1 aliphatic rings. The van der Waals surface area contributed by atoms with Crippen LogP contribution < -0.4 is 5.73 Å². The van der Waals surface area contributed by atoms with Gasteiger partial charge in [-0.05, 0) is 54.5 Å². The first-order valence-corrected chi connectivity index (χ1v) is 15.2. The molecule has 2 N–H and O–H groups in total. The molecule has 0 bridgehead atoms. The van der Waals surface area contributed by atoms with Gasteiger partial charge in [0.15, 0.2) is 5.69 Å². The smallest absolute Gasteiger partial charge is 0.158 e. The first-order valence-electron chi connectivity index (χ1n) is 10.7.